The zero-order chi connectivity index (χ0) is 10.1. The smallest absolute Gasteiger partial charge is 0.00449 e. The Hall–Kier alpha value is -0.820. The lowest BCUT2D eigenvalue weighted by molar-refractivity contribution is 0.722. The zero-order valence-corrected chi connectivity index (χ0v) is 9.59. The molecule has 0 radical (unpaired) electrons. The Labute approximate surface area is 90.9 Å². The van der Waals surface area contributed by atoms with Crippen molar-refractivity contribution >= 4 is 11.3 Å². The fourth-order valence-corrected chi connectivity index (χ4v) is 2.02. The minimum Gasteiger partial charge on any atom is -0.149 e. The van der Waals surface area contributed by atoms with E-state index in [0.717, 1.165) is 0 Å². The van der Waals surface area contributed by atoms with E-state index in [0.29, 0.717) is 0 Å². The van der Waals surface area contributed by atoms with E-state index in [2.05, 4.69) is 48.7 Å². The molecule has 1 heteroatoms. The van der Waals surface area contributed by atoms with E-state index in [1.807, 2.05) is 11.3 Å². The summed E-state index contributed by atoms with van der Waals surface area (Å²) in [6.07, 6.45) is 5.16. The Bertz CT molecular complexity index is 263. The summed E-state index contributed by atoms with van der Waals surface area (Å²) in [7, 11) is 0. The van der Waals surface area contributed by atoms with Crippen LogP contribution in [0.4, 0.5) is 0 Å². The Balaban J connectivity index is 2.63. The molecule has 0 fully saturated rings. The molecule has 0 aromatic carbocycles. The molecule has 0 N–H and O–H groups in total. The van der Waals surface area contributed by atoms with Gasteiger partial charge in [0.2, 0.25) is 0 Å². The quantitative estimate of drug-likeness (QED) is 0.631. The van der Waals surface area contributed by atoms with E-state index in [1.54, 1.807) is 0 Å². The standard InChI is InChI=1S/C13H18S/c1-2-3-7-10-13-11-8-5-4-6-9-12-14-13/h4-6,8-9,11-12H,2-3,7,10H2,1H3. The van der Waals surface area contributed by atoms with Crippen molar-refractivity contribution < 1.29 is 0 Å². The molecule has 14 heavy (non-hydrogen) atoms. The van der Waals surface area contributed by atoms with Gasteiger partial charge in [0.25, 0.3) is 0 Å². The van der Waals surface area contributed by atoms with Gasteiger partial charge in [0, 0.05) is 4.88 Å². The molecule has 0 bridgehead atoms. The van der Waals surface area contributed by atoms with Crippen molar-refractivity contribution in [3.8, 4) is 0 Å². The summed E-state index contributed by atoms with van der Waals surface area (Å²) in [5.41, 5.74) is 0. The molecule has 0 spiro atoms. The lowest BCUT2D eigenvalue weighted by Gasteiger charge is -1.95. The monoisotopic (exact) mass is 206 g/mol. The fourth-order valence-electron chi connectivity index (χ4n) is 1.26. The van der Waals surface area contributed by atoms with Gasteiger partial charge in [0.15, 0.2) is 0 Å². The molecule has 0 aliphatic heterocycles. The number of hydrogen-bond acceptors (Lipinski definition) is 1. The summed E-state index contributed by atoms with van der Waals surface area (Å²) in [4.78, 5) is 1.47. The highest BCUT2D eigenvalue weighted by Gasteiger charge is 1.89. The minimum atomic E-state index is 1.22. The van der Waals surface area contributed by atoms with Crippen molar-refractivity contribution in [3.05, 3.63) is 46.7 Å². The highest BCUT2D eigenvalue weighted by atomic mass is 32.1. The van der Waals surface area contributed by atoms with Crippen molar-refractivity contribution in [2.75, 3.05) is 0 Å². The van der Waals surface area contributed by atoms with Crippen molar-refractivity contribution in [2.45, 2.75) is 32.6 Å². The first-order valence-electron chi connectivity index (χ1n) is 5.29. The first-order chi connectivity index (χ1) is 6.93. The third-order valence-corrected chi connectivity index (χ3v) is 2.99. The Kier molecular flexibility index (Phi) is 6.09. The van der Waals surface area contributed by atoms with Gasteiger partial charge in [-0.3, -0.25) is 0 Å². The van der Waals surface area contributed by atoms with Gasteiger partial charge < -0.3 is 0 Å². The van der Waals surface area contributed by atoms with Crippen LogP contribution in [-0.2, 0) is 6.42 Å². The van der Waals surface area contributed by atoms with E-state index < -0.39 is 0 Å². The fraction of sp³-hybridized carbons (Fsp3) is 0.385. The van der Waals surface area contributed by atoms with Crippen molar-refractivity contribution in [3.63, 3.8) is 0 Å². The predicted octanol–water partition coefficient (Wildman–Crippen LogP) is 4.61. The van der Waals surface area contributed by atoms with Gasteiger partial charge in [0.05, 0.1) is 0 Å². The molecule has 76 valence electrons. The minimum absolute atomic E-state index is 1.22. The van der Waals surface area contributed by atoms with Crippen LogP contribution in [0.25, 0.3) is 0 Å². The van der Waals surface area contributed by atoms with Crippen LogP contribution in [-0.4, -0.2) is 0 Å². The van der Waals surface area contributed by atoms with Crippen molar-refractivity contribution in [1.29, 1.82) is 0 Å². The number of hydrogen-bond donors (Lipinski definition) is 0. The molecule has 0 saturated carbocycles. The van der Waals surface area contributed by atoms with Gasteiger partial charge in [-0.05, 0) is 24.3 Å². The van der Waals surface area contributed by atoms with E-state index in [1.165, 1.54) is 30.6 Å². The molecule has 0 atom stereocenters. The number of aryl methyl sites for hydroxylation is 1. The van der Waals surface area contributed by atoms with Crippen molar-refractivity contribution in [2.24, 2.45) is 0 Å². The molecule has 1 heterocycles. The van der Waals surface area contributed by atoms with Crippen LogP contribution in [0.1, 0.15) is 31.1 Å². The summed E-state index contributed by atoms with van der Waals surface area (Å²) in [6, 6.07) is 12.6. The molecule has 0 aliphatic carbocycles. The summed E-state index contributed by atoms with van der Waals surface area (Å²) in [5, 5.41) is 2.15. The first kappa shape index (κ1) is 11.3. The van der Waals surface area contributed by atoms with Gasteiger partial charge in [-0.2, -0.15) is 0 Å². The number of rotatable bonds is 4. The second-order valence-electron chi connectivity index (χ2n) is 3.31. The van der Waals surface area contributed by atoms with Crippen LogP contribution in [0.2, 0.25) is 0 Å². The Morgan fingerprint density at radius 2 is 1.79 bits per heavy atom. The van der Waals surface area contributed by atoms with Crippen molar-refractivity contribution in [1.82, 2.24) is 0 Å². The average Bonchev–Trinajstić information content (AvgIpc) is 2.32. The van der Waals surface area contributed by atoms with Gasteiger partial charge in [-0.25, -0.2) is 0 Å². The molecular formula is C13H18S. The first-order valence-corrected chi connectivity index (χ1v) is 6.17. The van der Waals surface area contributed by atoms with Crippen LogP contribution in [0.15, 0.2) is 41.8 Å². The maximum atomic E-state index is 2.24. The molecule has 0 nitrogen and oxygen atoms in total. The van der Waals surface area contributed by atoms with Gasteiger partial charge in [0.1, 0.15) is 0 Å². The van der Waals surface area contributed by atoms with Gasteiger partial charge in [-0.1, -0.05) is 50.1 Å². The summed E-state index contributed by atoms with van der Waals surface area (Å²) in [6.45, 7) is 2.24. The lowest BCUT2D eigenvalue weighted by Crippen LogP contribution is -1.79. The van der Waals surface area contributed by atoms with Crippen LogP contribution in [0, 0.1) is 0 Å². The highest BCUT2D eigenvalue weighted by molar-refractivity contribution is 7.09. The van der Waals surface area contributed by atoms with Crippen LogP contribution in [0.3, 0.4) is 0 Å². The van der Waals surface area contributed by atoms with E-state index in [9.17, 15) is 0 Å². The molecule has 1 rings (SSSR count). The summed E-state index contributed by atoms with van der Waals surface area (Å²) >= 11 is 1.84. The molecule has 1 aromatic heterocycles. The third-order valence-electron chi connectivity index (χ3n) is 2.05. The molecule has 0 saturated heterocycles. The van der Waals surface area contributed by atoms with Crippen LogP contribution < -0.4 is 0 Å². The second kappa shape index (κ2) is 7.57. The molecule has 0 aliphatic rings. The highest BCUT2D eigenvalue weighted by Crippen LogP contribution is 2.09. The normalized spacial score (nSPS) is 9.50. The maximum absolute atomic E-state index is 2.24. The molecule has 0 amide bonds. The molecule has 0 unspecified atom stereocenters. The predicted molar refractivity (Wildman–Crippen MR) is 65.2 cm³/mol. The largest absolute Gasteiger partial charge is 0.149 e. The Morgan fingerprint density at radius 3 is 2.64 bits per heavy atom. The van der Waals surface area contributed by atoms with E-state index in [4.69, 9.17) is 0 Å². The van der Waals surface area contributed by atoms with Crippen LogP contribution >= 0.6 is 11.3 Å². The maximum Gasteiger partial charge on any atom is 0.00449 e. The third kappa shape index (κ3) is 5.03. The molecular weight excluding hydrogens is 188 g/mol. The SMILES string of the molecule is CCCCCc1cccccccs1. The van der Waals surface area contributed by atoms with E-state index in [-0.39, 0.29) is 0 Å². The topological polar surface area (TPSA) is 0 Å². The zero-order valence-electron chi connectivity index (χ0n) is 8.78. The van der Waals surface area contributed by atoms with E-state index >= 15 is 0 Å². The average molecular weight is 206 g/mol. The van der Waals surface area contributed by atoms with Gasteiger partial charge >= 0.3 is 0 Å². The van der Waals surface area contributed by atoms with Crippen LogP contribution in [0.5, 0.6) is 0 Å². The summed E-state index contributed by atoms with van der Waals surface area (Å²) in [5.74, 6) is 0. The molecule has 1 aromatic rings. The Morgan fingerprint density at radius 1 is 1.00 bits per heavy atom. The number of unbranched alkanes of at least 4 members (excludes halogenated alkanes) is 2. The van der Waals surface area contributed by atoms with Gasteiger partial charge in [-0.15, -0.1) is 11.3 Å². The summed E-state index contributed by atoms with van der Waals surface area (Å²) < 4.78 is 0. The second-order valence-corrected chi connectivity index (χ2v) is 4.34. The lowest BCUT2D eigenvalue weighted by atomic mass is 10.2.